The van der Waals surface area contributed by atoms with Gasteiger partial charge in [0.2, 0.25) is 5.91 Å². The molecule has 0 aliphatic heterocycles. The average Bonchev–Trinajstić information content (AvgIpc) is 2.59. The first-order valence-electron chi connectivity index (χ1n) is 7.37. The molecule has 1 heterocycles. The Morgan fingerprint density at radius 1 is 1.04 bits per heavy atom. The number of nitrogens with zero attached hydrogens (tertiary/aromatic N) is 1. The van der Waals surface area contributed by atoms with Crippen LogP contribution < -0.4 is 5.32 Å². The molecule has 3 rings (SSSR count). The number of amides is 1. The van der Waals surface area contributed by atoms with Crippen LogP contribution in [0.15, 0.2) is 65.7 Å². The normalized spacial score (nSPS) is 11.5. The molecule has 2 aromatic carbocycles. The van der Waals surface area contributed by atoms with E-state index in [1.165, 1.54) is 23.9 Å². The molecule has 1 aromatic heterocycles. The molecule has 0 saturated heterocycles. The first-order chi connectivity index (χ1) is 11.9. The lowest BCUT2D eigenvalue weighted by Gasteiger charge is -2.09. The van der Waals surface area contributed by atoms with E-state index in [4.69, 9.17) is 0 Å². The first kappa shape index (κ1) is 17.3. The Bertz CT molecular complexity index is 889. The van der Waals surface area contributed by atoms with Crippen molar-refractivity contribution in [3.63, 3.8) is 0 Å². The number of halogens is 3. The van der Waals surface area contributed by atoms with Crippen molar-refractivity contribution in [3.8, 4) is 0 Å². The Morgan fingerprint density at radius 2 is 1.76 bits per heavy atom. The number of alkyl halides is 3. The number of aromatic nitrogens is 1. The Balaban J connectivity index is 1.63. The third-order valence-corrected chi connectivity index (χ3v) is 4.50. The van der Waals surface area contributed by atoms with Crippen molar-refractivity contribution in [3.05, 3.63) is 66.4 Å². The molecule has 7 heteroatoms. The number of benzene rings is 2. The second kappa shape index (κ2) is 7.14. The van der Waals surface area contributed by atoms with Crippen LogP contribution in [0.3, 0.4) is 0 Å². The van der Waals surface area contributed by atoms with E-state index in [9.17, 15) is 18.0 Å². The monoisotopic (exact) mass is 362 g/mol. The van der Waals surface area contributed by atoms with Crippen molar-refractivity contribution in [2.24, 2.45) is 0 Å². The summed E-state index contributed by atoms with van der Waals surface area (Å²) in [5.74, 6) is -0.158. The number of anilines is 1. The van der Waals surface area contributed by atoms with Gasteiger partial charge in [0.25, 0.3) is 0 Å². The summed E-state index contributed by atoms with van der Waals surface area (Å²) in [5, 5.41) is 3.57. The van der Waals surface area contributed by atoms with Crippen LogP contribution in [-0.2, 0) is 11.0 Å². The molecule has 1 amide bonds. The molecule has 0 atom stereocenters. The molecule has 0 saturated carbocycles. The zero-order valence-electron chi connectivity index (χ0n) is 12.9. The highest BCUT2D eigenvalue weighted by Gasteiger charge is 2.29. The molecule has 0 unspecified atom stereocenters. The zero-order valence-corrected chi connectivity index (χ0v) is 13.7. The number of rotatable bonds is 4. The number of fused-ring (bicyclic) bond motifs is 1. The van der Waals surface area contributed by atoms with Gasteiger partial charge < -0.3 is 5.32 Å². The van der Waals surface area contributed by atoms with E-state index >= 15 is 0 Å². The number of pyridine rings is 1. The van der Waals surface area contributed by atoms with Crippen LogP contribution in [0.1, 0.15) is 5.56 Å². The number of hydrogen-bond acceptors (Lipinski definition) is 3. The van der Waals surface area contributed by atoms with Crippen LogP contribution in [0.2, 0.25) is 0 Å². The number of para-hydroxylation sites is 1. The number of thioether (sulfide) groups is 1. The van der Waals surface area contributed by atoms with Gasteiger partial charge in [-0.05, 0) is 36.4 Å². The molecule has 0 aliphatic carbocycles. The number of hydrogen-bond donors (Lipinski definition) is 1. The summed E-state index contributed by atoms with van der Waals surface area (Å²) in [5.41, 5.74) is 0.397. The maximum absolute atomic E-state index is 12.5. The van der Waals surface area contributed by atoms with Gasteiger partial charge in [0.15, 0.2) is 0 Å². The summed E-state index contributed by atoms with van der Waals surface area (Å²) >= 11 is 1.33. The van der Waals surface area contributed by atoms with Gasteiger partial charge in [-0.1, -0.05) is 18.2 Å². The standard InChI is InChI=1S/C18H13F3N2OS/c19-18(20,21)13-6-8-14(9-7-13)23-16(24)11-25-15-5-1-3-12-4-2-10-22-17(12)15/h1-10H,11H2,(H,23,24). The van der Waals surface area contributed by atoms with Crippen molar-refractivity contribution >= 4 is 34.3 Å². The molecular formula is C18H13F3N2OS. The topological polar surface area (TPSA) is 42.0 Å². The van der Waals surface area contributed by atoms with Crippen LogP contribution in [-0.4, -0.2) is 16.6 Å². The highest BCUT2D eigenvalue weighted by molar-refractivity contribution is 8.00. The highest BCUT2D eigenvalue weighted by Crippen LogP contribution is 2.30. The van der Waals surface area contributed by atoms with Crippen molar-refractivity contribution in [1.82, 2.24) is 4.98 Å². The molecule has 0 aliphatic rings. The fraction of sp³-hybridized carbons (Fsp3) is 0.111. The van der Waals surface area contributed by atoms with E-state index in [1.54, 1.807) is 6.20 Å². The molecule has 0 fully saturated rings. The Hall–Kier alpha value is -2.54. The van der Waals surface area contributed by atoms with E-state index in [0.717, 1.165) is 27.9 Å². The van der Waals surface area contributed by atoms with Gasteiger partial charge in [0, 0.05) is 22.2 Å². The average molecular weight is 362 g/mol. The largest absolute Gasteiger partial charge is 0.416 e. The molecule has 1 N–H and O–H groups in total. The van der Waals surface area contributed by atoms with Crippen LogP contribution >= 0.6 is 11.8 Å². The second-order valence-electron chi connectivity index (χ2n) is 5.24. The molecule has 0 spiro atoms. The summed E-state index contributed by atoms with van der Waals surface area (Å²) in [6.07, 6.45) is -2.70. The predicted octanol–water partition coefficient (Wildman–Crippen LogP) is 4.98. The maximum Gasteiger partial charge on any atom is 0.416 e. The highest BCUT2D eigenvalue weighted by atomic mass is 32.2. The SMILES string of the molecule is O=C(CSc1cccc2cccnc12)Nc1ccc(C(F)(F)F)cc1. The Kier molecular flexibility index (Phi) is 4.94. The third kappa shape index (κ3) is 4.30. The minimum absolute atomic E-state index is 0.136. The maximum atomic E-state index is 12.5. The lowest BCUT2D eigenvalue weighted by molar-refractivity contribution is -0.137. The second-order valence-corrected chi connectivity index (χ2v) is 6.26. The van der Waals surface area contributed by atoms with Gasteiger partial charge in [-0.3, -0.25) is 9.78 Å². The van der Waals surface area contributed by atoms with Gasteiger partial charge in [-0.25, -0.2) is 0 Å². The number of carbonyl (C=O) groups is 1. The van der Waals surface area contributed by atoms with Gasteiger partial charge in [-0.15, -0.1) is 11.8 Å². The van der Waals surface area contributed by atoms with Crippen molar-refractivity contribution < 1.29 is 18.0 Å². The number of carbonyl (C=O) groups excluding carboxylic acids is 1. The molecule has 3 aromatic rings. The predicted molar refractivity (Wildman–Crippen MR) is 92.5 cm³/mol. The van der Waals surface area contributed by atoms with Gasteiger partial charge in [-0.2, -0.15) is 13.2 Å². The quantitative estimate of drug-likeness (QED) is 0.665. The third-order valence-electron chi connectivity index (χ3n) is 3.45. The first-order valence-corrected chi connectivity index (χ1v) is 8.36. The molecule has 0 radical (unpaired) electrons. The van der Waals surface area contributed by atoms with Gasteiger partial charge in [0.1, 0.15) is 0 Å². The van der Waals surface area contributed by atoms with Crippen molar-refractivity contribution in [2.75, 3.05) is 11.1 Å². The Labute approximate surface area is 146 Å². The summed E-state index contributed by atoms with van der Waals surface area (Å²) < 4.78 is 37.6. The lowest BCUT2D eigenvalue weighted by atomic mass is 10.2. The van der Waals surface area contributed by atoms with Crippen LogP contribution in [0, 0.1) is 0 Å². The summed E-state index contributed by atoms with van der Waals surface area (Å²) in [6, 6.07) is 13.9. The molecule has 0 bridgehead atoms. The summed E-state index contributed by atoms with van der Waals surface area (Å²) in [6.45, 7) is 0. The van der Waals surface area contributed by atoms with Crippen molar-refractivity contribution in [1.29, 1.82) is 0 Å². The number of nitrogens with one attached hydrogen (secondary N) is 1. The van der Waals surface area contributed by atoms with Crippen LogP contribution in [0.4, 0.5) is 18.9 Å². The van der Waals surface area contributed by atoms with E-state index in [2.05, 4.69) is 10.3 Å². The summed E-state index contributed by atoms with van der Waals surface area (Å²) in [7, 11) is 0. The Morgan fingerprint density at radius 3 is 2.48 bits per heavy atom. The summed E-state index contributed by atoms with van der Waals surface area (Å²) in [4.78, 5) is 17.2. The molecular weight excluding hydrogens is 349 g/mol. The smallest absolute Gasteiger partial charge is 0.325 e. The van der Waals surface area contributed by atoms with Crippen molar-refractivity contribution in [2.45, 2.75) is 11.1 Å². The van der Waals surface area contributed by atoms with E-state index < -0.39 is 11.7 Å². The van der Waals surface area contributed by atoms with Crippen LogP contribution in [0.25, 0.3) is 10.9 Å². The minimum atomic E-state index is -4.39. The van der Waals surface area contributed by atoms with Gasteiger partial charge >= 0.3 is 6.18 Å². The van der Waals surface area contributed by atoms with E-state index in [1.807, 2.05) is 30.3 Å². The van der Waals surface area contributed by atoms with Crippen LogP contribution in [0.5, 0.6) is 0 Å². The van der Waals surface area contributed by atoms with E-state index in [-0.39, 0.29) is 11.7 Å². The molecule has 128 valence electrons. The fourth-order valence-corrected chi connectivity index (χ4v) is 3.12. The van der Waals surface area contributed by atoms with Gasteiger partial charge in [0.05, 0.1) is 16.8 Å². The lowest BCUT2D eigenvalue weighted by Crippen LogP contribution is -2.14. The minimum Gasteiger partial charge on any atom is -0.325 e. The fourth-order valence-electron chi connectivity index (χ4n) is 2.28. The molecule has 3 nitrogen and oxygen atoms in total. The zero-order chi connectivity index (χ0) is 17.9. The van der Waals surface area contributed by atoms with E-state index in [0.29, 0.717) is 5.69 Å². The molecule has 25 heavy (non-hydrogen) atoms.